The zero-order chi connectivity index (χ0) is 20.8. The van der Waals surface area contributed by atoms with Crippen molar-refractivity contribution in [1.29, 1.82) is 0 Å². The minimum absolute atomic E-state index is 0.244. The molecule has 0 spiro atoms. The van der Waals surface area contributed by atoms with Gasteiger partial charge >= 0.3 is 0 Å². The van der Waals surface area contributed by atoms with Crippen LogP contribution in [0, 0.1) is 6.92 Å². The van der Waals surface area contributed by atoms with E-state index in [2.05, 4.69) is 16.2 Å². The quantitative estimate of drug-likeness (QED) is 0.572. The molecule has 3 rings (SSSR count). The van der Waals surface area contributed by atoms with E-state index in [0.29, 0.717) is 11.3 Å². The van der Waals surface area contributed by atoms with E-state index in [0.717, 1.165) is 5.56 Å². The molecule has 3 aromatic rings. The highest BCUT2D eigenvalue weighted by Gasteiger charge is 2.13. The first-order chi connectivity index (χ1) is 13.9. The highest BCUT2D eigenvalue weighted by Crippen LogP contribution is 2.15. The number of anilines is 1. The molecule has 0 atom stereocenters. The van der Waals surface area contributed by atoms with Crippen molar-refractivity contribution in [1.82, 2.24) is 10.9 Å². The molecule has 0 saturated carbocycles. The van der Waals surface area contributed by atoms with Crippen LogP contribution in [0.15, 0.2) is 72.8 Å². The van der Waals surface area contributed by atoms with Crippen LogP contribution in [0.4, 0.5) is 5.69 Å². The lowest BCUT2D eigenvalue weighted by molar-refractivity contribution is 0.0847. The van der Waals surface area contributed by atoms with Crippen LogP contribution in [0.2, 0.25) is 5.02 Å². The van der Waals surface area contributed by atoms with Crippen LogP contribution in [0.5, 0.6) is 0 Å². The standard InChI is InChI=1S/C22H18ClN3O3/c1-14-6-4-7-15(12-14)20(27)24-17-9-5-8-16(13-17)21(28)25-26-22(29)18-10-2-3-11-19(18)23/h2-13H,1H3,(H,24,27)(H,25,28)(H,26,29). The summed E-state index contributed by atoms with van der Waals surface area (Å²) in [5.41, 5.74) is 7.12. The Balaban J connectivity index is 1.64. The van der Waals surface area contributed by atoms with Crippen LogP contribution in [0.1, 0.15) is 36.6 Å². The van der Waals surface area contributed by atoms with Crippen molar-refractivity contribution in [2.24, 2.45) is 0 Å². The molecule has 0 aromatic heterocycles. The first-order valence-electron chi connectivity index (χ1n) is 8.77. The van der Waals surface area contributed by atoms with Crippen LogP contribution < -0.4 is 16.2 Å². The maximum Gasteiger partial charge on any atom is 0.271 e. The third kappa shape index (κ3) is 5.21. The zero-order valence-corrected chi connectivity index (χ0v) is 16.3. The molecule has 0 saturated heterocycles. The summed E-state index contributed by atoms with van der Waals surface area (Å²) in [5, 5.41) is 3.03. The number of hydrogen-bond acceptors (Lipinski definition) is 3. The molecule has 3 aromatic carbocycles. The predicted molar refractivity (Wildman–Crippen MR) is 112 cm³/mol. The van der Waals surface area contributed by atoms with Gasteiger partial charge in [0.05, 0.1) is 10.6 Å². The molecule has 146 valence electrons. The van der Waals surface area contributed by atoms with Gasteiger partial charge in [0.2, 0.25) is 0 Å². The smallest absolute Gasteiger partial charge is 0.271 e. The van der Waals surface area contributed by atoms with Gasteiger partial charge in [-0.05, 0) is 49.4 Å². The average Bonchev–Trinajstić information content (AvgIpc) is 2.72. The summed E-state index contributed by atoms with van der Waals surface area (Å²) in [4.78, 5) is 36.8. The molecule has 6 nitrogen and oxygen atoms in total. The third-order valence-electron chi connectivity index (χ3n) is 4.07. The largest absolute Gasteiger partial charge is 0.322 e. The molecule has 29 heavy (non-hydrogen) atoms. The number of nitrogens with one attached hydrogen (secondary N) is 3. The van der Waals surface area contributed by atoms with E-state index in [1.165, 1.54) is 6.07 Å². The van der Waals surface area contributed by atoms with Gasteiger partial charge in [-0.15, -0.1) is 0 Å². The van der Waals surface area contributed by atoms with E-state index in [9.17, 15) is 14.4 Å². The van der Waals surface area contributed by atoms with Gasteiger partial charge in [0.1, 0.15) is 0 Å². The van der Waals surface area contributed by atoms with Gasteiger partial charge in [-0.25, -0.2) is 0 Å². The lowest BCUT2D eigenvalue weighted by atomic mass is 10.1. The lowest BCUT2D eigenvalue weighted by Gasteiger charge is -2.10. The summed E-state index contributed by atoms with van der Waals surface area (Å²) in [6, 6.07) is 20.1. The molecule has 0 radical (unpaired) electrons. The minimum Gasteiger partial charge on any atom is -0.322 e. The van der Waals surface area contributed by atoms with E-state index < -0.39 is 11.8 Å². The number of halogens is 1. The highest BCUT2D eigenvalue weighted by atomic mass is 35.5. The first-order valence-corrected chi connectivity index (χ1v) is 9.15. The summed E-state index contributed by atoms with van der Waals surface area (Å²) in [7, 11) is 0. The van der Waals surface area contributed by atoms with Gasteiger partial charge in [-0.2, -0.15) is 0 Å². The second kappa shape index (κ2) is 9.03. The monoisotopic (exact) mass is 407 g/mol. The fourth-order valence-electron chi connectivity index (χ4n) is 2.63. The maximum atomic E-state index is 12.4. The van der Waals surface area contributed by atoms with Crippen molar-refractivity contribution in [3.8, 4) is 0 Å². The van der Waals surface area contributed by atoms with Crippen molar-refractivity contribution >= 4 is 35.0 Å². The molecule has 0 aliphatic carbocycles. The minimum atomic E-state index is -0.534. The molecule has 3 amide bonds. The Morgan fingerprint density at radius 1 is 0.724 bits per heavy atom. The molecule has 0 unspecified atom stereocenters. The number of benzene rings is 3. The van der Waals surface area contributed by atoms with Gasteiger partial charge < -0.3 is 5.32 Å². The van der Waals surface area contributed by atoms with E-state index >= 15 is 0 Å². The van der Waals surface area contributed by atoms with Gasteiger partial charge in [-0.1, -0.05) is 47.5 Å². The topological polar surface area (TPSA) is 87.3 Å². The Bertz CT molecular complexity index is 1080. The molecular formula is C22H18ClN3O3. The summed E-state index contributed by atoms with van der Waals surface area (Å²) >= 11 is 5.97. The van der Waals surface area contributed by atoms with Crippen molar-refractivity contribution in [2.75, 3.05) is 5.32 Å². The Morgan fingerprint density at radius 3 is 2.10 bits per heavy atom. The molecule has 0 fully saturated rings. The predicted octanol–water partition coefficient (Wildman–Crippen LogP) is 3.98. The van der Waals surface area contributed by atoms with Crippen molar-refractivity contribution < 1.29 is 14.4 Å². The molecule has 0 aliphatic heterocycles. The molecule has 0 heterocycles. The number of amides is 3. The number of rotatable bonds is 4. The Hall–Kier alpha value is -3.64. The fourth-order valence-corrected chi connectivity index (χ4v) is 2.85. The average molecular weight is 408 g/mol. The summed E-state index contributed by atoms with van der Waals surface area (Å²) in [6.45, 7) is 1.90. The normalized spacial score (nSPS) is 10.1. The van der Waals surface area contributed by atoms with E-state index in [4.69, 9.17) is 11.6 Å². The Kier molecular flexibility index (Phi) is 6.26. The van der Waals surface area contributed by atoms with Gasteiger partial charge in [0.15, 0.2) is 0 Å². The van der Waals surface area contributed by atoms with E-state index in [1.54, 1.807) is 60.7 Å². The molecule has 0 bridgehead atoms. The van der Waals surface area contributed by atoms with E-state index in [-0.39, 0.29) is 22.1 Å². The van der Waals surface area contributed by atoms with Crippen molar-refractivity contribution in [3.63, 3.8) is 0 Å². The molecular weight excluding hydrogens is 390 g/mol. The SMILES string of the molecule is Cc1cccc(C(=O)Nc2cccc(C(=O)NNC(=O)c3ccccc3Cl)c2)c1. The van der Waals surface area contributed by atoms with Crippen LogP contribution in [0.3, 0.4) is 0 Å². The third-order valence-corrected chi connectivity index (χ3v) is 4.40. The molecule has 0 aliphatic rings. The maximum absolute atomic E-state index is 12.4. The van der Waals surface area contributed by atoms with Crippen molar-refractivity contribution in [3.05, 3.63) is 100 Å². The Morgan fingerprint density at radius 2 is 1.38 bits per heavy atom. The summed E-state index contributed by atoms with van der Waals surface area (Å²) < 4.78 is 0. The summed E-state index contributed by atoms with van der Waals surface area (Å²) in [6.07, 6.45) is 0. The second-order valence-corrected chi connectivity index (χ2v) is 6.70. The molecule has 7 heteroatoms. The number of hydrogen-bond donors (Lipinski definition) is 3. The molecule has 3 N–H and O–H groups in total. The van der Waals surface area contributed by atoms with Gasteiger partial charge in [0.25, 0.3) is 17.7 Å². The zero-order valence-electron chi connectivity index (χ0n) is 15.5. The first kappa shape index (κ1) is 20.1. The number of hydrazine groups is 1. The van der Waals surface area contributed by atoms with Gasteiger partial charge in [-0.3, -0.25) is 25.2 Å². The lowest BCUT2D eigenvalue weighted by Crippen LogP contribution is -2.41. The highest BCUT2D eigenvalue weighted by molar-refractivity contribution is 6.33. The number of carbonyl (C=O) groups is 3. The van der Waals surface area contributed by atoms with Crippen molar-refractivity contribution in [2.45, 2.75) is 6.92 Å². The van der Waals surface area contributed by atoms with Crippen LogP contribution in [-0.2, 0) is 0 Å². The second-order valence-electron chi connectivity index (χ2n) is 6.29. The van der Waals surface area contributed by atoms with Crippen LogP contribution in [-0.4, -0.2) is 17.7 Å². The van der Waals surface area contributed by atoms with Crippen LogP contribution in [0.25, 0.3) is 0 Å². The van der Waals surface area contributed by atoms with Crippen LogP contribution >= 0.6 is 11.6 Å². The van der Waals surface area contributed by atoms with E-state index in [1.807, 2.05) is 13.0 Å². The number of aryl methyl sites for hydroxylation is 1. The van der Waals surface area contributed by atoms with Gasteiger partial charge in [0, 0.05) is 16.8 Å². The Labute approximate surface area is 172 Å². The fraction of sp³-hybridized carbons (Fsp3) is 0.0455. The summed E-state index contributed by atoms with van der Waals surface area (Å²) in [5.74, 6) is -1.34. The number of carbonyl (C=O) groups excluding carboxylic acids is 3.